The van der Waals surface area contributed by atoms with Crippen LogP contribution >= 0.6 is 0 Å². The lowest BCUT2D eigenvalue weighted by atomic mass is 9.86. The second-order valence-electron chi connectivity index (χ2n) is 6.60. The molecule has 21 heavy (non-hydrogen) atoms. The first-order valence-corrected chi connectivity index (χ1v) is 7.59. The summed E-state index contributed by atoms with van der Waals surface area (Å²) in [5, 5.41) is 4.20. The summed E-state index contributed by atoms with van der Waals surface area (Å²) in [5.41, 5.74) is 1.50. The minimum atomic E-state index is -0.284. The Morgan fingerprint density at radius 1 is 1.24 bits per heavy atom. The van der Waals surface area contributed by atoms with Crippen LogP contribution in [0, 0.1) is 12.0 Å². The molecule has 1 unspecified atom stereocenters. The van der Waals surface area contributed by atoms with Gasteiger partial charge in [0.25, 0.3) is 0 Å². The summed E-state index contributed by atoms with van der Waals surface area (Å²) in [6.07, 6.45) is 2.99. The van der Waals surface area contributed by atoms with Crippen LogP contribution < -0.4 is 0 Å². The summed E-state index contributed by atoms with van der Waals surface area (Å²) in [7, 11) is 0. The van der Waals surface area contributed by atoms with Crippen molar-refractivity contribution in [2.24, 2.45) is 5.41 Å². The molecule has 1 amide bonds. The summed E-state index contributed by atoms with van der Waals surface area (Å²) in [6, 6.07) is 7.80. The van der Waals surface area contributed by atoms with Crippen molar-refractivity contribution in [2.45, 2.75) is 39.2 Å². The molecule has 0 aliphatic carbocycles. The van der Waals surface area contributed by atoms with Gasteiger partial charge < -0.3 is 0 Å². The average Bonchev–Trinajstić information content (AvgIpc) is 2.85. The monoisotopic (exact) mass is 283 g/mol. The van der Waals surface area contributed by atoms with Gasteiger partial charge in [0.05, 0.1) is 12.6 Å². The van der Waals surface area contributed by atoms with Crippen molar-refractivity contribution < 1.29 is 4.79 Å². The van der Waals surface area contributed by atoms with Crippen LogP contribution in [-0.2, 0) is 4.79 Å². The van der Waals surface area contributed by atoms with E-state index in [0.717, 1.165) is 37.9 Å². The molecular weight excluding hydrogens is 262 g/mol. The Labute approximate surface area is 126 Å². The minimum absolute atomic E-state index is 0.120. The summed E-state index contributed by atoms with van der Waals surface area (Å²) < 4.78 is 0. The van der Waals surface area contributed by atoms with E-state index < -0.39 is 0 Å². The fourth-order valence-corrected chi connectivity index (χ4v) is 3.39. The number of carbonyl (C=O) groups is 1. The van der Waals surface area contributed by atoms with E-state index in [9.17, 15) is 4.79 Å². The first kappa shape index (κ1) is 14.1. The number of carbonyl (C=O) groups excluding carboxylic acids is 1. The van der Waals surface area contributed by atoms with E-state index in [0.29, 0.717) is 5.69 Å². The quantitative estimate of drug-likeness (QED) is 0.737. The Balaban J connectivity index is 1.92. The highest BCUT2D eigenvalue weighted by Crippen LogP contribution is 2.40. The first-order valence-electron chi connectivity index (χ1n) is 7.59. The molecule has 2 aliphatic heterocycles. The van der Waals surface area contributed by atoms with Crippen molar-refractivity contribution in [3.8, 4) is 0 Å². The third-order valence-electron chi connectivity index (χ3n) is 4.67. The van der Waals surface area contributed by atoms with E-state index in [1.165, 1.54) is 0 Å². The van der Waals surface area contributed by atoms with Crippen LogP contribution in [0.2, 0.25) is 0 Å². The number of nitrogens with zero attached hydrogens (tertiary/aromatic N) is 3. The SMILES string of the molecule is [C-]#[N+]c1ccc(C2CCN3CCCC(C)(C)C(=O)N23)cc1. The summed E-state index contributed by atoms with van der Waals surface area (Å²) in [5.74, 6) is 0.233. The van der Waals surface area contributed by atoms with Crippen molar-refractivity contribution in [1.29, 1.82) is 0 Å². The number of hydrogen-bond donors (Lipinski definition) is 0. The third-order valence-corrected chi connectivity index (χ3v) is 4.67. The van der Waals surface area contributed by atoms with Gasteiger partial charge in [-0.25, -0.2) is 9.85 Å². The normalized spacial score (nSPS) is 25.3. The van der Waals surface area contributed by atoms with Crippen molar-refractivity contribution in [3.63, 3.8) is 0 Å². The largest absolute Gasteiger partial charge is 0.273 e. The zero-order valence-corrected chi connectivity index (χ0v) is 12.7. The molecule has 2 heterocycles. The number of rotatable bonds is 1. The molecule has 2 fully saturated rings. The van der Waals surface area contributed by atoms with E-state index in [4.69, 9.17) is 6.57 Å². The van der Waals surface area contributed by atoms with Crippen LogP contribution in [0.4, 0.5) is 5.69 Å². The molecule has 2 saturated heterocycles. The molecule has 1 aromatic rings. The fourth-order valence-electron chi connectivity index (χ4n) is 3.39. The van der Waals surface area contributed by atoms with Gasteiger partial charge in [-0.1, -0.05) is 38.1 Å². The molecule has 0 saturated carbocycles. The maximum atomic E-state index is 12.9. The maximum Gasteiger partial charge on any atom is 0.243 e. The highest BCUT2D eigenvalue weighted by Gasteiger charge is 2.44. The lowest BCUT2D eigenvalue weighted by Crippen LogP contribution is -2.45. The van der Waals surface area contributed by atoms with Crippen molar-refractivity contribution in [3.05, 3.63) is 41.2 Å². The molecule has 0 radical (unpaired) electrons. The molecule has 4 heteroatoms. The highest BCUT2D eigenvalue weighted by molar-refractivity contribution is 5.82. The molecule has 0 bridgehead atoms. The van der Waals surface area contributed by atoms with E-state index in [1.807, 2.05) is 29.3 Å². The third kappa shape index (κ3) is 2.43. The van der Waals surface area contributed by atoms with Gasteiger partial charge in [0.15, 0.2) is 5.69 Å². The summed E-state index contributed by atoms with van der Waals surface area (Å²) in [4.78, 5) is 16.3. The van der Waals surface area contributed by atoms with Crippen LogP contribution in [-0.4, -0.2) is 29.0 Å². The Morgan fingerprint density at radius 2 is 1.95 bits per heavy atom. The molecule has 3 rings (SSSR count). The minimum Gasteiger partial charge on any atom is -0.273 e. The lowest BCUT2D eigenvalue weighted by Gasteiger charge is -2.34. The van der Waals surface area contributed by atoms with E-state index in [-0.39, 0.29) is 17.4 Å². The number of hydrogen-bond acceptors (Lipinski definition) is 2. The van der Waals surface area contributed by atoms with Crippen LogP contribution in [0.5, 0.6) is 0 Å². The van der Waals surface area contributed by atoms with Crippen LogP contribution in [0.1, 0.15) is 44.7 Å². The molecule has 1 atom stereocenters. The molecular formula is C17H21N3O. The summed E-state index contributed by atoms with van der Waals surface area (Å²) in [6.45, 7) is 13.0. The van der Waals surface area contributed by atoms with Crippen LogP contribution in [0.15, 0.2) is 24.3 Å². The predicted molar refractivity (Wildman–Crippen MR) is 81.5 cm³/mol. The zero-order valence-electron chi connectivity index (χ0n) is 12.7. The number of benzene rings is 1. The van der Waals surface area contributed by atoms with Gasteiger partial charge >= 0.3 is 0 Å². The van der Waals surface area contributed by atoms with E-state index in [1.54, 1.807) is 0 Å². The van der Waals surface area contributed by atoms with E-state index in [2.05, 4.69) is 23.7 Å². The molecule has 1 aromatic carbocycles. The Kier molecular flexibility index (Phi) is 3.46. The van der Waals surface area contributed by atoms with Gasteiger partial charge in [-0.15, -0.1) is 0 Å². The smallest absolute Gasteiger partial charge is 0.243 e. The predicted octanol–water partition coefficient (Wildman–Crippen LogP) is 3.55. The van der Waals surface area contributed by atoms with Gasteiger partial charge in [0.2, 0.25) is 5.91 Å². The second kappa shape index (κ2) is 5.16. The number of amides is 1. The van der Waals surface area contributed by atoms with Crippen molar-refractivity contribution in [1.82, 2.24) is 10.0 Å². The molecule has 0 N–H and O–H groups in total. The van der Waals surface area contributed by atoms with Crippen molar-refractivity contribution in [2.75, 3.05) is 13.1 Å². The zero-order chi connectivity index (χ0) is 15.0. The van der Waals surface area contributed by atoms with Gasteiger partial charge in [0, 0.05) is 18.5 Å². The lowest BCUT2D eigenvalue weighted by molar-refractivity contribution is -0.154. The standard InChI is InChI=1S/C17H21N3O/c1-17(2)10-4-11-19-12-9-15(20(19)16(17)21)13-5-7-14(18-3)8-6-13/h5-8,15H,4,9-12H2,1-2H3. The molecule has 0 aromatic heterocycles. The Hall–Kier alpha value is -1.86. The number of hydrazine groups is 1. The highest BCUT2D eigenvalue weighted by atomic mass is 16.2. The van der Waals surface area contributed by atoms with Gasteiger partial charge in [-0.2, -0.15) is 0 Å². The molecule has 4 nitrogen and oxygen atoms in total. The van der Waals surface area contributed by atoms with Crippen LogP contribution in [0.25, 0.3) is 4.85 Å². The Bertz CT molecular complexity index is 585. The van der Waals surface area contributed by atoms with Gasteiger partial charge in [-0.05, 0) is 24.8 Å². The Morgan fingerprint density at radius 3 is 2.62 bits per heavy atom. The molecule has 2 aliphatic rings. The maximum absolute atomic E-state index is 12.9. The topological polar surface area (TPSA) is 27.9 Å². The number of fused-ring (bicyclic) bond motifs is 1. The fraction of sp³-hybridized carbons (Fsp3) is 0.529. The van der Waals surface area contributed by atoms with E-state index >= 15 is 0 Å². The van der Waals surface area contributed by atoms with Crippen LogP contribution in [0.3, 0.4) is 0 Å². The molecule has 0 spiro atoms. The first-order chi connectivity index (χ1) is 10.0. The molecule has 110 valence electrons. The second-order valence-corrected chi connectivity index (χ2v) is 6.60. The van der Waals surface area contributed by atoms with Crippen molar-refractivity contribution >= 4 is 11.6 Å². The average molecular weight is 283 g/mol. The van der Waals surface area contributed by atoms with Gasteiger partial charge in [0.1, 0.15) is 0 Å². The summed E-state index contributed by atoms with van der Waals surface area (Å²) >= 11 is 0. The van der Waals surface area contributed by atoms with Gasteiger partial charge in [-0.3, -0.25) is 9.80 Å².